The first-order valence-electron chi connectivity index (χ1n) is 8.07. The molecule has 2 aromatic rings. The molecule has 1 fully saturated rings. The summed E-state index contributed by atoms with van der Waals surface area (Å²) in [5, 5.41) is 5.69. The van der Waals surface area contributed by atoms with E-state index in [2.05, 4.69) is 10.6 Å². The van der Waals surface area contributed by atoms with Gasteiger partial charge in [-0.05, 0) is 37.1 Å². The summed E-state index contributed by atoms with van der Waals surface area (Å²) in [6.45, 7) is 3.11. The van der Waals surface area contributed by atoms with Crippen LogP contribution in [0.4, 0.5) is 10.5 Å². The van der Waals surface area contributed by atoms with E-state index >= 15 is 0 Å². The Bertz CT molecular complexity index is 885. The van der Waals surface area contributed by atoms with Crippen molar-refractivity contribution < 1.29 is 14.4 Å². The van der Waals surface area contributed by atoms with E-state index in [4.69, 9.17) is 11.6 Å². The van der Waals surface area contributed by atoms with Gasteiger partial charge in [-0.1, -0.05) is 48.0 Å². The maximum Gasteiger partial charge on any atom is 0.325 e. The molecular weight excluding hydrogens is 354 g/mol. The van der Waals surface area contributed by atoms with E-state index in [-0.39, 0.29) is 0 Å². The maximum atomic E-state index is 12.8. The van der Waals surface area contributed by atoms with Crippen molar-refractivity contribution in [3.63, 3.8) is 0 Å². The number of amides is 4. The van der Waals surface area contributed by atoms with E-state index in [1.165, 1.54) is 0 Å². The normalized spacial score (nSPS) is 19.4. The molecule has 0 saturated carbocycles. The van der Waals surface area contributed by atoms with Crippen molar-refractivity contribution in [2.75, 3.05) is 11.9 Å². The lowest BCUT2D eigenvalue weighted by Gasteiger charge is -2.22. The summed E-state index contributed by atoms with van der Waals surface area (Å²) in [5.41, 5.74) is 0.851. The molecule has 6 nitrogen and oxygen atoms in total. The molecule has 0 aliphatic carbocycles. The van der Waals surface area contributed by atoms with Crippen molar-refractivity contribution in [1.82, 2.24) is 10.2 Å². The van der Waals surface area contributed by atoms with Crippen LogP contribution in [0.2, 0.25) is 5.02 Å². The second-order valence-electron chi connectivity index (χ2n) is 6.34. The topological polar surface area (TPSA) is 78.5 Å². The predicted molar refractivity (Wildman–Crippen MR) is 98.9 cm³/mol. The summed E-state index contributed by atoms with van der Waals surface area (Å²) >= 11 is 6.10. The van der Waals surface area contributed by atoms with Crippen molar-refractivity contribution in [3.05, 3.63) is 64.7 Å². The van der Waals surface area contributed by atoms with Crippen molar-refractivity contribution in [2.45, 2.75) is 19.4 Å². The number of carbonyl (C=O) groups is 3. The standard InChI is InChI=1S/C19H18ClN3O3/c1-12-8-9-15(14(20)10-12)21-16(24)11-23-17(25)19(2,22-18(23)26)13-6-4-3-5-7-13/h3-10H,11H2,1-2H3,(H,21,24)(H,22,26)/t19-/m0/s1. The second-order valence-corrected chi connectivity index (χ2v) is 6.75. The molecule has 2 N–H and O–H groups in total. The second kappa shape index (κ2) is 6.80. The van der Waals surface area contributed by atoms with Gasteiger partial charge in [0.1, 0.15) is 12.1 Å². The van der Waals surface area contributed by atoms with Gasteiger partial charge < -0.3 is 10.6 Å². The molecule has 1 aliphatic rings. The fourth-order valence-corrected chi connectivity index (χ4v) is 3.14. The molecule has 0 unspecified atom stereocenters. The summed E-state index contributed by atoms with van der Waals surface area (Å²) in [6, 6.07) is 13.5. The summed E-state index contributed by atoms with van der Waals surface area (Å²) in [7, 11) is 0. The number of benzene rings is 2. The number of hydrogen-bond acceptors (Lipinski definition) is 3. The zero-order valence-corrected chi connectivity index (χ0v) is 15.1. The quantitative estimate of drug-likeness (QED) is 0.811. The Morgan fingerprint density at radius 3 is 2.54 bits per heavy atom. The monoisotopic (exact) mass is 371 g/mol. The molecule has 0 aromatic heterocycles. The minimum atomic E-state index is -1.19. The van der Waals surface area contributed by atoms with Gasteiger partial charge in [0.15, 0.2) is 0 Å². The number of carbonyl (C=O) groups excluding carboxylic acids is 3. The number of urea groups is 1. The molecule has 0 spiro atoms. The SMILES string of the molecule is Cc1ccc(NC(=O)CN2C(=O)N[C@@](C)(c3ccccc3)C2=O)c(Cl)c1. The van der Waals surface area contributed by atoms with Gasteiger partial charge in [-0.25, -0.2) is 4.79 Å². The van der Waals surface area contributed by atoms with E-state index in [1.54, 1.807) is 43.3 Å². The first-order valence-corrected chi connectivity index (χ1v) is 8.45. The molecule has 1 heterocycles. The highest BCUT2D eigenvalue weighted by molar-refractivity contribution is 6.33. The van der Waals surface area contributed by atoms with Gasteiger partial charge >= 0.3 is 6.03 Å². The summed E-state index contributed by atoms with van der Waals surface area (Å²) in [4.78, 5) is 38.2. The van der Waals surface area contributed by atoms with E-state index < -0.39 is 29.9 Å². The van der Waals surface area contributed by atoms with Crippen LogP contribution < -0.4 is 10.6 Å². The van der Waals surface area contributed by atoms with Crippen LogP contribution in [0, 0.1) is 6.92 Å². The Morgan fingerprint density at radius 1 is 1.19 bits per heavy atom. The Morgan fingerprint density at radius 2 is 1.88 bits per heavy atom. The molecule has 0 radical (unpaired) electrons. The molecule has 3 rings (SSSR count). The fraction of sp³-hybridized carbons (Fsp3) is 0.211. The number of halogens is 1. The van der Waals surface area contributed by atoms with Gasteiger partial charge in [0, 0.05) is 0 Å². The number of aryl methyl sites for hydroxylation is 1. The number of anilines is 1. The van der Waals surface area contributed by atoms with Crippen molar-refractivity contribution >= 4 is 35.1 Å². The molecule has 2 aromatic carbocycles. The molecule has 0 bridgehead atoms. The van der Waals surface area contributed by atoms with Crippen LogP contribution in [-0.4, -0.2) is 29.3 Å². The Labute approximate surface area is 156 Å². The molecule has 4 amide bonds. The molecule has 134 valence electrons. The van der Waals surface area contributed by atoms with Gasteiger partial charge in [0.2, 0.25) is 5.91 Å². The first-order chi connectivity index (χ1) is 12.3. The first kappa shape index (κ1) is 17.9. The number of nitrogens with one attached hydrogen (secondary N) is 2. The van der Waals surface area contributed by atoms with Gasteiger partial charge in [-0.2, -0.15) is 0 Å². The number of hydrogen-bond donors (Lipinski definition) is 2. The highest BCUT2D eigenvalue weighted by Gasteiger charge is 2.49. The third-order valence-corrected chi connectivity index (χ3v) is 4.64. The molecule has 26 heavy (non-hydrogen) atoms. The minimum absolute atomic E-state index is 0.392. The van der Waals surface area contributed by atoms with Crippen LogP contribution in [0.1, 0.15) is 18.1 Å². The highest BCUT2D eigenvalue weighted by Crippen LogP contribution is 2.28. The molecule has 1 atom stereocenters. The number of imide groups is 1. The number of rotatable bonds is 4. The smallest absolute Gasteiger partial charge is 0.323 e. The molecule has 1 saturated heterocycles. The van der Waals surface area contributed by atoms with E-state index in [9.17, 15) is 14.4 Å². The van der Waals surface area contributed by atoms with Gasteiger partial charge in [-0.15, -0.1) is 0 Å². The summed E-state index contributed by atoms with van der Waals surface area (Å²) in [6.07, 6.45) is 0. The number of nitrogens with zero attached hydrogens (tertiary/aromatic N) is 1. The average molecular weight is 372 g/mol. The van der Waals surface area contributed by atoms with Crippen LogP contribution in [0.25, 0.3) is 0 Å². The van der Waals surface area contributed by atoms with E-state index in [0.29, 0.717) is 16.3 Å². The van der Waals surface area contributed by atoms with Crippen LogP contribution in [-0.2, 0) is 15.1 Å². The van der Waals surface area contributed by atoms with Crippen molar-refractivity contribution in [1.29, 1.82) is 0 Å². The maximum absolute atomic E-state index is 12.8. The van der Waals surface area contributed by atoms with E-state index in [1.807, 2.05) is 19.1 Å². The van der Waals surface area contributed by atoms with Gasteiger partial charge in [0.05, 0.1) is 10.7 Å². The Kier molecular flexibility index (Phi) is 4.70. The molecule has 7 heteroatoms. The van der Waals surface area contributed by atoms with Crippen LogP contribution in [0.5, 0.6) is 0 Å². The largest absolute Gasteiger partial charge is 0.325 e. The lowest BCUT2D eigenvalue weighted by Crippen LogP contribution is -2.42. The Hall–Kier alpha value is -2.86. The average Bonchev–Trinajstić information content (AvgIpc) is 2.82. The summed E-state index contributed by atoms with van der Waals surface area (Å²) in [5.74, 6) is -0.976. The van der Waals surface area contributed by atoms with Crippen LogP contribution in [0.15, 0.2) is 48.5 Å². The fourth-order valence-electron chi connectivity index (χ4n) is 2.86. The van der Waals surface area contributed by atoms with Gasteiger partial charge in [0.25, 0.3) is 5.91 Å². The predicted octanol–water partition coefficient (Wildman–Crippen LogP) is 3.05. The Balaban J connectivity index is 1.74. The van der Waals surface area contributed by atoms with Crippen LogP contribution >= 0.6 is 11.6 Å². The molecule has 1 aliphatic heterocycles. The zero-order chi connectivity index (χ0) is 18.9. The van der Waals surface area contributed by atoms with Gasteiger partial charge in [-0.3, -0.25) is 14.5 Å². The lowest BCUT2D eigenvalue weighted by atomic mass is 9.92. The van der Waals surface area contributed by atoms with Crippen molar-refractivity contribution in [2.24, 2.45) is 0 Å². The minimum Gasteiger partial charge on any atom is -0.323 e. The summed E-state index contributed by atoms with van der Waals surface area (Å²) < 4.78 is 0. The van der Waals surface area contributed by atoms with Crippen LogP contribution in [0.3, 0.4) is 0 Å². The van der Waals surface area contributed by atoms with Crippen molar-refractivity contribution in [3.8, 4) is 0 Å². The zero-order valence-electron chi connectivity index (χ0n) is 14.4. The van der Waals surface area contributed by atoms with E-state index in [0.717, 1.165) is 10.5 Å². The third kappa shape index (κ3) is 3.28. The molecular formula is C19H18ClN3O3. The highest BCUT2D eigenvalue weighted by atomic mass is 35.5. The third-order valence-electron chi connectivity index (χ3n) is 4.33. The lowest BCUT2D eigenvalue weighted by molar-refractivity contribution is -0.133.